The number of fused-ring (bicyclic) bond motifs is 2. The summed E-state index contributed by atoms with van der Waals surface area (Å²) in [5, 5.41) is 9.96. The molecule has 4 N–H and O–H groups in total. The Bertz CT molecular complexity index is 1230. The number of hydrogen-bond donors (Lipinski definition) is 3. The number of carbonyl (C=O) groups is 1. The highest BCUT2D eigenvalue weighted by Crippen LogP contribution is 2.53. The van der Waals surface area contributed by atoms with E-state index in [9.17, 15) is 18.7 Å². The summed E-state index contributed by atoms with van der Waals surface area (Å²) in [7, 11) is 0. The van der Waals surface area contributed by atoms with Crippen molar-refractivity contribution in [2.45, 2.75) is 56.0 Å². The minimum absolute atomic E-state index is 0.0895. The van der Waals surface area contributed by atoms with Crippen molar-refractivity contribution in [1.29, 1.82) is 0 Å². The van der Waals surface area contributed by atoms with Crippen LogP contribution in [-0.2, 0) is 13.7 Å². The van der Waals surface area contributed by atoms with Gasteiger partial charge in [-0.3, -0.25) is 18.3 Å². The summed E-state index contributed by atoms with van der Waals surface area (Å²) in [6.45, 7) is 0.228. The van der Waals surface area contributed by atoms with Gasteiger partial charge in [0.25, 0.3) is 5.92 Å². The molecule has 1 aliphatic carbocycles. The maximum atomic E-state index is 14.5. The highest BCUT2D eigenvalue weighted by Gasteiger charge is 2.54. The van der Waals surface area contributed by atoms with E-state index < -0.39 is 23.9 Å². The molecule has 4 atom stereocenters. The van der Waals surface area contributed by atoms with Gasteiger partial charge in [-0.15, -0.1) is 0 Å². The fourth-order valence-electron chi connectivity index (χ4n) is 4.64. The SMILES string of the molecule is Nc1ncnc2c1ncn2C1CCC(COSNC(=O)CCC2c3ccccc3C(O)C2(F)F)O1. The average Bonchev–Trinajstić information content (AvgIpc) is 3.53. The zero-order chi connectivity index (χ0) is 24.6. The van der Waals surface area contributed by atoms with Crippen LogP contribution in [0.25, 0.3) is 11.2 Å². The number of rotatable bonds is 8. The first kappa shape index (κ1) is 23.9. The molecule has 35 heavy (non-hydrogen) atoms. The molecule has 1 fully saturated rings. The molecular weight excluding hydrogens is 482 g/mol. The molecule has 2 aromatic heterocycles. The number of benzene rings is 1. The molecular formula is C22H24F2N6O4S. The average molecular weight is 507 g/mol. The normalized spacial score (nSPS) is 25.1. The number of alkyl halides is 2. The first-order valence-electron chi connectivity index (χ1n) is 11.2. The van der Waals surface area contributed by atoms with Crippen LogP contribution in [0.3, 0.4) is 0 Å². The van der Waals surface area contributed by atoms with Gasteiger partial charge in [0.05, 0.1) is 25.0 Å². The number of aliphatic hydroxyl groups excluding tert-OH is 1. The molecule has 0 bridgehead atoms. The van der Waals surface area contributed by atoms with Crippen molar-refractivity contribution in [2.75, 3.05) is 12.3 Å². The third-order valence-electron chi connectivity index (χ3n) is 6.41. The van der Waals surface area contributed by atoms with Gasteiger partial charge in [-0.05, 0) is 30.4 Å². The van der Waals surface area contributed by atoms with Crippen LogP contribution < -0.4 is 10.5 Å². The van der Waals surface area contributed by atoms with Gasteiger partial charge in [-0.1, -0.05) is 24.3 Å². The maximum absolute atomic E-state index is 14.5. The Labute approximate surface area is 203 Å². The molecule has 1 aromatic carbocycles. The summed E-state index contributed by atoms with van der Waals surface area (Å²) >= 11 is 0.747. The lowest BCUT2D eigenvalue weighted by Gasteiger charge is -2.22. The molecule has 4 unspecified atom stereocenters. The largest absolute Gasteiger partial charge is 0.382 e. The van der Waals surface area contributed by atoms with Crippen molar-refractivity contribution in [1.82, 2.24) is 24.2 Å². The van der Waals surface area contributed by atoms with E-state index in [1.807, 2.05) is 0 Å². The number of halogens is 2. The Hall–Kier alpha value is -2.87. The molecule has 13 heteroatoms. The van der Waals surface area contributed by atoms with Crippen molar-refractivity contribution in [3.05, 3.63) is 48.0 Å². The number of aliphatic hydroxyl groups is 1. The van der Waals surface area contributed by atoms with Crippen molar-refractivity contribution in [3.63, 3.8) is 0 Å². The number of ether oxygens (including phenoxy) is 1. The second kappa shape index (κ2) is 9.64. The van der Waals surface area contributed by atoms with Gasteiger partial charge in [0.2, 0.25) is 5.91 Å². The summed E-state index contributed by atoms with van der Waals surface area (Å²) in [5.41, 5.74) is 7.53. The number of anilines is 1. The second-order valence-corrected chi connectivity index (χ2v) is 9.17. The highest BCUT2D eigenvalue weighted by atomic mass is 32.2. The zero-order valence-electron chi connectivity index (χ0n) is 18.5. The lowest BCUT2D eigenvalue weighted by molar-refractivity contribution is -0.124. The van der Waals surface area contributed by atoms with Gasteiger partial charge in [0.15, 0.2) is 11.5 Å². The summed E-state index contributed by atoms with van der Waals surface area (Å²) in [6.07, 6.45) is 1.91. The van der Waals surface area contributed by atoms with E-state index in [1.165, 1.54) is 12.4 Å². The van der Waals surface area contributed by atoms with Crippen LogP contribution in [0.15, 0.2) is 36.9 Å². The molecule has 1 aliphatic heterocycles. The quantitative estimate of drug-likeness (QED) is 0.239. The van der Waals surface area contributed by atoms with Crippen LogP contribution in [0.4, 0.5) is 14.6 Å². The third kappa shape index (κ3) is 4.56. The Kier molecular flexibility index (Phi) is 6.57. The van der Waals surface area contributed by atoms with E-state index in [2.05, 4.69) is 19.7 Å². The van der Waals surface area contributed by atoms with E-state index in [0.29, 0.717) is 22.5 Å². The molecule has 10 nitrogen and oxygen atoms in total. The summed E-state index contributed by atoms with van der Waals surface area (Å²) < 4.78 is 44.8. The number of nitrogens with two attached hydrogens (primary N) is 1. The Morgan fingerprint density at radius 2 is 2.09 bits per heavy atom. The van der Waals surface area contributed by atoms with E-state index in [-0.39, 0.29) is 37.3 Å². The monoisotopic (exact) mass is 506 g/mol. The van der Waals surface area contributed by atoms with Crippen LogP contribution >= 0.6 is 12.2 Å². The number of nitrogens with zero attached hydrogens (tertiary/aromatic N) is 4. The molecule has 2 aliphatic rings. The number of aromatic nitrogens is 4. The van der Waals surface area contributed by atoms with E-state index >= 15 is 0 Å². The Balaban J connectivity index is 1.05. The standard InChI is InChI=1S/C22H24F2N6O4S/c23-22(24)15(13-3-1-2-4-14(13)19(22)32)6-7-16(31)29-35-33-9-12-5-8-17(34-12)30-11-28-18-20(25)26-10-27-21(18)30/h1-4,10-12,15,17,19,32H,5-9H2,(H,29,31)(H2,25,26,27). The number of nitrogens with one attached hydrogen (secondary N) is 1. The second-order valence-electron chi connectivity index (χ2n) is 8.56. The highest BCUT2D eigenvalue weighted by molar-refractivity contribution is 7.93. The molecule has 3 aromatic rings. The molecule has 3 heterocycles. The van der Waals surface area contributed by atoms with Crippen molar-refractivity contribution < 1.29 is 27.6 Å². The topological polar surface area (TPSA) is 137 Å². The van der Waals surface area contributed by atoms with Crippen LogP contribution in [0, 0.1) is 0 Å². The molecule has 0 saturated carbocycles. The number of amides is 1. The van der Waals surface area contributed by atoms with E-state index in [0.717, 1.165) is 25.1 Å². The van der Waals surface area contributed by atoms with Crippen molar-refractivity contribution in [2.24, 2.45) is 0 Å². The van der Waals surface area contributed by atoms with E-state index in [4.69, 9.17) is 14.7 Å². The fraction of sp³-hybridized carbons (Fsp3) is 0.455. The Morgan fingerprint density at radius 1 is 1.29 bits per heavy atom. The number of nitrogen functional groups attached to an aromatic ring is 1. The maximum Gasteiger partial charge on any atom is 0.284 e. The van der Waals surface area contributed by atoms with Crippen LogP contribution in [-0.4, -0.2) is 49.2 Å². The predicted molar refractivity (Wildman–Crippen MR) is 123 cm³/mol. The van der Waals surface area contributed by atoms with Crippen LogP contribution in [0.1, 0.15) is 55.1 Å². The van der Waals surface area contributed by atoms with Gasteiger partial charge in [-0.25, -0.2) is 23.7 Å². The van der Waals surface area contributed by atoms with Gasteiger partial charge in [0, 0.05) is 6.42 Å². The molecule has 186 valence electrons. The molecule has 0 radical (unpaired) electrons. The van der Waals surface area contributed by atoms with Gasteiger partial charge in [-0.2, -0.15) is 0 Å². The zero-order valence-corrected chi connectivity index (χ0v) is 19.3. The predicted octanol–water partition coefficient (Wildman–Crippen LogP) is 3.03. The number of hydrogen-bond acceptors (Lipinski definition) is 9. The summed E-state index contributed by atoms with van der Waals surface area (Å²) in [6, 6.07) is 6.33. The first-order valence-corrected chi connectivity index (χ1v) is 11.9. The van der Waals surface area contributed by atoms with Crippen molar-refractivity contribution >= 4 is 35.1 Å². The lowest BCUT2D eigenvalue weighted by Crippen LogP contribution is -2.28. The van der Waals surface area contributed by atoms with Gasteiger partial charge in [0.1, 0.15) is 36.4 Å². The molecule has 0 spiro atoms. The van der Waals surface area contributed by atoms with Crippen molar-refractivity contribution in [3.8, 4) is 0 Å². The van der Waals surface area contributed by atoms with Gasteiger partial charge < -0.3 is 15.6 Å². The summed E-state index contributed by atoms with van der Waals surface area (Å²) in [5.74, 6) is -4.66. The molecule has 1 amide bonds. The molecule has 1 saturated heterocycles. The summed E-state index contributed by atoms with van der Waals surface area (Å²) in [4.78, 5) is 24.6. The van der Waals surface area contributed by atoms with Crippen LogP contribution in [0.5, 0.6) is 0 Å². The lowest BCUT2D eigenvalue weighted by atomic mass is 9.93. The smallest absolute Gasteiger partial charge is 0.284 e. The fourth-order valence-corrected chi connectivity index (χ4v) is 5.11. The van der Waals surface area contributed by atoms with E-state index in [1.54, 1.807) is 29.1 Å². The first-order chi connectivity index (χ1) is 16.9. The molecule has 5 rings (SSSR count). The minimum Gasteiger partial charge on any atom is -0.382 e. The van der Waals surface area contributed by atoms with Crippen LogP contribution in [0.2, 0.25) is 0 Å². The number of imidazole rings is 1. The minimum atomic E-state index is -3.32. The third-order valence-corrected chi connectivity index (χ3v) is 6.97. The van der Waals surface area contributed by atoms with Gasteiger partial charge >= 0.3 is 0 Å². The number of carbonyl (C=O) groups excluding carboxylic acids is 1. The Morgan fingerprint density at radius 3 is 2.91 bits per heavy atom.